The number of nitrogens with zero attached hydrogens (tertiary/aromatic N) is 3. The lowest BCUT2D eigenvalue weighted by Crippen LogP contribution is -2.52. The number of carbonyl (C=O) groups excluding carboxylic acids is 3. The van der Waals surface area contributed by atoms with Gasteiger partial charge in [-0.15, -0.1) is 0 Å². The molecule has 5 rings (SSSR count). The van der Waals surface area contributed by atoms with Crippen molar-refractivity contribution in [3.63, 3.8) is 0 Å². The molecule has 1 amide bonds. The Balaban J connectivity index is 1.21. The van der Waals surface area contributed by atoms with Gasteiger partial charge in [0.05, 0.1) is 35.4 Å². The van der Waals surface area contributed by atoms with Crippen LogP contribution in [0.3, 0.4) is 0 Å². The van der Waals surface area contributed by atoms with Gasteiger partial charge in [0.25, 0.3) is 5.91 Å². The molecule has 1 saturated heterocycles. The van der Waals surface area contributed by atoms with Crippen molar-refractivity contribution < 1.29 is 33.0 Å². The lowest BCUT2D eigenvalue weighted by atomic mass is 9.87. The summed E-state index contributed by atoms with van der Waals surface area (Å²) >= 11 is 6.42. The van der Waals surface area contributed by atoms with Gasteiger partial charge in [0.2, 0.25) is 5.91 Å². The summed E-state index contributed by atoms with van der Waals surface area (Å²) in [6.07, 6.45) is 4.32. The van der Waals surface area contributed by atoms with Gasteiger partial charge >= 0.3 is 5.97 Å². The third kappa shape index (κ3) is 7.12. The predicted molar refractivity (Wildman–Crippen MR) is 163 cm³/mol. The number of ketones is 1. The molecule has 1 aliphatic carbocycles. The van der Waals surface area contributed by atoms with Crippen molar-refractivity contribution in [1.82, 2.24) is 14.7 Å². The zero-order chi connectivity index (χ0) is 31.4. The number of methoxy groups -OCH3 is 1. The van der Waals surface area contributed by atoms with Crippen LogP contribution in [0.4, 0.5) is 10.1 Å². The summed E-state index contributed by atoms with van der Waals surface area (Å²) in [6.45, 7) is 3.08. The van der Waals surface area contributed by atoms with E-state index in [1.807, 2.05) is 19.1 Å². The van der Waals surface area contributed by atoms with Crippen LogP contribution in [0, 0.1) is 11.7 Å². The number of aryl methyl sites for hydroxylation is 1. The number of ether oxygens (including phenoxy) is 3. The number of hydrogen-bond acceptors (Lipinski definition) is 8. The normalized spacial score (nSPS) is 20.4. The highest BCUT2D eigenvalue weighted by Gasteiger charge is 2.40. The van der Waals surface area contributed by atoms with E-state index in [4.69, 9.17) is 25.8 Å². The van der Waals surface area contributed by atoms with Crippen molar-refractivity contribution in [1.29, 1.82) is 0 Å². The molecule has 0 spiro atoms. The van der Waals surface area contributed by atoms with Crippen LogP contribution >= 0.6 is 11.6 Å². The van der Waals surface area contributed by atoms with E-state index in [-0.39, 0.29) is 58.8 Å². The Hall–Kier alpha value is -3.38. The maximum absolute atomic E-state index is 15.2. The monoisotopic (exact) mass is 628 g/mol. The highest BCUT2D eigenvalue weighted by molar-refractivity contribution is 6.34. The minimum atomic E-state index is -1.13. The van der Waals surface area contributed by atoms with E-state index in [1.54, 1.807) is 23.9 Å². The summed E-state index contributed by atoms with van der Waals surface area (Å²) in [5.74, 6) is -3.01. The van der Waals surface area contributed by atoms with E-state index in [2.05, 4.69) is 15.3 Å². The lowest BCUT2D eigenvalue weighted by molar-refractivity contribution is -0.320. The van der Waals surface area contributed by atoms with Gasteiger partial charge in [-0.1, -0.05) is 29.8 Å². The van der Waals surface area contributed by atoms with Gasteiger partial charge in [-0.3, -0.25) is 24.0 Å². The SMILES string of the molecule is COC(=O)[C@H]1CC[C@H](OC(C)(OCC(=O)Cc2cc(Cl)c(NC(=O)c3nn(C)c4ccccc34)cc2F)N2CCCC2)CC1. The van der Waals surface area contributed by atoms with Crippen molar-refractivity contribution >= 4 is 45.9 Å². The number of benzene rings is 2. The zero-order valence-electron chi connectivity index (χ0n) is 25.2. The van der Waals surface area contributed by atoms with Crippen LogP contribution in [-0.4, -0.2) is 71.2 Å². The largest absolute Gasteiger partial charge is 0.469 e. The average molecular weight is 629 g/mol. The molecule has 2 aromatic carbocycles. The van der Waals surface area contributed by atoms with Crippen LogP contribution in [0.5, 0.6) is 0 Å². The molecule has 1 N–H and O–H groups in total. The molecule has 1 saturated carbocycles. The molecule has 44 heavy (non-hydrogen) atoms. The lowest BCUT2D eigenvalue weighted by Gasteiger charge is -2.41. The van der Waals surface area contributed by atoms with Gasteiger partial charge in [-0.25, -0.2) is 4.39 Å². The van der Waals surface area contributed by atoms with Crippen LogP contribution in [0.2, 0.25) is 5.02 Å². The molecule has 236 valence electrons. The number of aromatic nitrogens is 2. The Morgan fingerprint density at radius 1 is 1.11 bits per heavy atom. The zero-order valence-corrected chi connectivity index (χ0v) is 26.0. The fourth-order valence-electron chi connectivity index (χ4n) is 6.08. The molecular formula is C32H38ClFN4O6. The van der Waals surface area contributed by atoms with E-state index >= 15 is 4.39 Å². The van der Waals surface area contributed by atoms with Gasteiger partial charge in [-0.2, -0.15) is 5.10 Å². The Kier molecular flexibility index (Phi) is 9.99. The Morgan fingerprint density at radius 2 is 1.82 bits per heavy atom. The first-order valence-corrected chi connectivity index (χ1v) is 15.3. The van der Waals surface area contributed by atoms with E-state index < -0.39 is 17.6 Å². The van der Waals surface area contributed by atoms with Crippen molar-refractivity contribution in [2.45, 2.75) is 63.9 Å². The standard InChI is InChI=1S/C32H38ClFN4O6/c1-32(38-14-6-7-15-38,44-23-12-10-20(11-13-23)31(41)42-3)43-19-22(39)16-21-17-25(33)27(18-26(21)34)35-30(40)29-24-8-4-5-9-28(24)37(2)36-29/h4-5,8-9,17-18,20,23H,6-7,10-16,19H2,1-3H3,(H,35,40)/t20-,23-,32?. The van der Waals surface area contributed by atoms with E-state index in [1.165, 1.54) is 13.2 Å². The Morgan fingerprint density at radius 3 is 2.52 bits per heavy atom. The van der Waals surface area contributed by atoms with Crippen LogP contribution in [-0.2, 0) is 37.3 Å². The smallest absolute Gasteiger partial charge is 0.308 e. The topological polar surface area (TPSA) is 112 Å². The van der Waals surface area contributed by atoms with Crippen LogP contribution < -0.4 is 5.32 Å². The van der Waals surface area contributed by atoms with Gasteiger partial charge < -0.3 is 19.5 Å². The molecule has 1 atom stereocenters. The summed E-state index contributed by atoms with van der Waals surface area (Å²) in [5.41, 5.74) is 1.14. The molecule has 10 nitrogen and oxygen atoms in total. The number of carbonyl (C=O) groups is 3. The molecular weight excluding hydrogens is 591 g/mol. The van der Waals surface area contributed by atoms with Crippen molar-refractivity contribution in [3.05, 3.63) is 58.5 Å². The molecule has 3 aromatic rings. The highest BCUT2D eigenvalue weighted by atomic mass is 35.5. The second kappa shape index (κ2) is 13.7. The molecule has 1 aliphatic heterocycles. The van der Waals surface area contributed by atoms with Crippen molar-refractivity contribution in [3.8, 4) is 0 Å². The first-order chi connectivity index (χ1) is 21.1. The summed E-state index contributed by atoms with van der Waals surface area (Å²) in [6, 6.07) is 9.74. The first kappa shape index (κ1) is 32.0. The second-order valence-electron chi connectivity index (χ2n) is 11.6. The number of likely N-dealkylation sites (tertiary alicyclic amines) is 1. The minimum absolute atomic E-state index is 0.0771. The average Bonchev–Trinajstić information content (AvgIpc) is 3.68. The van der Waals surface area contributed by atoms with E-state index in [9.17, 15) is 14.4 Å². The third-order valence-electron chi connectivity index (χ3n) is 8.52. The third-order valence-corrected chi connectivity index (χ3v) is 8.83. The fraction of sp³-hybridized carbons (Fsp3) is 0.500. The van der Waals surface area contributed by atoms with Gasteiger partial charge in [0, 0.05) is 38.9 Å². The summed E-state index contributed by atoms with van der Waals surface area (Å²) < 4.78 is 34.2. The van der Waals surface area contributed by atoms with Gasteiger partial charge in [0.1, 0.15) is 12.4 Å². The highest BCUT2D eigenvalue weighted by Crippen LogP contribution is 2.33. The van der Waals surface area contributed by atoms with Gasteiger partial charge in [0.15, 0.2) is 11.5 Å². The van der Waals surface area contributed by atoms with E-state index in [0.29, 0.717) is 31.1 Å². The Labute approximate surface area is 260 Å². The second-order valence-corrected chi connectivity index (χ2v) is 12.0. The minimum Gasteiger partial charge on any atom is -0.469 e. The molecule has 12 heteroatoms. The summed E-state index contributed by atoms with van der Waals surface area (Å²) in [7, 11) is 3.14. The van der Waals surface area contributed by atoms with Crippen LogP contribution in [0.15, 0.2) is 36.4 Å². The molecule has 0 radical (unpaired) electrons. The number of halogens is 2. The number of rotatable bonds is 11. The molecule has 2 heterocycles. The summed E-state index contributed by atoms with van der Waals surface area (Å²) in [4.78, 5) is 40.0. The number of anilines is 1. The quantitative estimate of drug-likeness (QED) is 0.226. The molecule has 0 bridgehead atoms. The maximum Gasteiger partial charge on any atom is 0.308 e. The number of nitrogens with one attached hydrogen (secondary N) is 1. The number of amides is 1. The number of fused-ring (bicyclic) bond motifs is 1. The first-order valence-electron chi connectivity index (χ1n) is 15.0. The van der Waals surface area contributed by atoms with Crippen molar-refractivity contribution in [2.24, 2.45) is 13.0 Å². The summed E-state index contributed by atoms with van der Waals surface area (Å²) in [5, 5.41) is 7.68. The number of esters is 1. The molecule has 2 aliphatic rings. The number of hydrogen-bond donors (Lipinski definition) is 1. The maximum atomic E-state index is 15.2. The molecule has 2 fully saturated rings. The van der Waals surface area contributed by atoms with E-state index in [0.717, 1.165) is 37.5 Å². The number of para-hydroxylation sites is 1. The fourth-order valence-corrected chi connectivity index (χ4v) is 6.31. The van der Waals surface area contributed by atoms with Crippen LogP contribution in [0.1, 0.15) is 61.5 Å². The molecule has 1 aromatic heterocycles. The van der Waals surface area contributed by atoms with Gasteiger partial charge in [-0.05, 0) is 62.3 Å². The molecule has 1 unspecified atom stereocenters. The van der Waals surface area contributed by atoms with Crippen LogP contribution in [0.25, 0.3) is 10.9 Å². The van der Waals surface area contributed by atoms with Crippen molar-refractivity contribution in [2.75, 3.05) is 32.1 Å². The Bertz CT molecular complexity index is 1530. The predicted octanol–water partition coefficient (Wildman–Crippen LogP) is 5.26. The number of Topliss-reactive ketones (excluding diaryl/α,β-unsaturated/α-hetero) is 1.